The Labute approximate surface area is 101 Å². The second-order valence-corrected chi connectivity index (χ2v) is 20.6. The topological polar surface area (TPSA) is 0 Å². The minimum atomic E-state index is -1.75. The molecule has 0 aliphatic heterocycles. The molecule has 0 aromatic rings. The summed E-state index contributed by atoms with van der Waals surface area (Å²) in [4.78, 5) is 0. The zero-order valence-corrected chi connectivity index (χ0v) is 13.9. The Morgan fingerprint density at radius 1 is 0.733 bits per heavy atom. The molecule has 0 atom stereocenters. The Hall–Kier alpha value is 0.799. The first-order valence-corrected chi connectivity index (χ1v) is 14.6. The van der Waals surface area contributed by atoms with Gasteiger partial charge in [-0.3, -0.25) is 0 Å². The fourth-order valence-corrected chi connectivity index (χ4v) is 16.0. The maximum absolute atomic E-state index is 2.48. The molecule has 1 radical (unpaired) electrons. The van der Waals surface area contributed by atoms with Crippen molar-refractivity contribution in [3.63, 3.8) is 0 Å². The van der Waals surface area contributed by atoms with Crippen LogP contribution < -0.4 is 0 Å². The number of hydrogen-bond acceptors (Lipinski definition) is 0. The fraction of sp³-hybridized carbons (Fsp3) is 0.929. The molecular formula is C14H29Sn. The van der Waals surface area contributed by atoms with Gasteiger partial charge in [0.05, 0.1) is 0 Å². The van der Waals surface area contributed by atoms with Crippen LogP contribution in [0.3, 0.4) is 0 Å². The normalized spacial score (nSPS) is 21.0. The van der Waals surface area contributed by atoms with Gasteiger partial charge in [-0.15, -0.1) is 0 Å². The molecule has 1 saturated carbocycles. The average Bonchev–Trinajstić information content (AvgIpc) is 2.23. The van der Waals surface area contributed by atoms with Crippen LogP contribution >= 0.6 is 0 Å². The number of hydrogen-bond donors (Lipinski definition) is 0. The molecule has 0 aromatic heterocycles. The van der Waals surface area contributed by atoms with Gasteiger partial charge in [-0.2, -0.15) is 0 Å². The first-order valence-electron chi connectivity index (χ1n) is 7.14. The molecule has 0 aromatic carbocycles. The van der Waals surface area contributed by atoms with Crippen LogP contribution in [-0.4, -0.2) is 18.4 Å². The van der Waals surface area contributed by atoms with E-state index in [-0.39, 0.29) is 0 Å². The molecule has 0 saturated heterocycles. The molecule has 0 N–H and O–H groups in total. The van der Waals surface area contributed by atoms with Crippen LogP contribution in [0.15, 0.2) is 0 Å². The molecular weight excluding hydrogens is 287 g/mol. The standard InChI is InChI=1S/C8H14.3C2H5.Sn/c1-2-4-6-8-7-5-3-1;3*1-2;/h1-7H2;3*1H2,2H3;. The third-order valence-corrected chi connectivity index (χ3v) is 22.0. The van der Waals surface area contributed by atoms with Crippen LogP contribution in [-0.2, 0) is 0 Å². The molecule has 0 bridgehead atoms. The quantitative estimate of drug-likeness (QED) is 0.613. The predicted molar refractivity (Wildman–Crippen MR) is 72.8 cm³/mol. The van der Waals surface area contributed by atoms with Crippen molar-refractivity contribution in [2.24, 2.45) is 0 Å². The first-order chi connectivity index (χ1) is 7.29. The Bertz CT molecular complexity index is 144. The average molecular weight is 316 g/mol. The van der Waals surface area contributed by atoms with Crippen molar-refractivity contribution < 1.29 is 0 Å². The van der Waals surface area contributed by atoms with Crippen molar-refractivity contribution in [2.75, 3.05) is 0 Å². The minimum absolute atomic E-state index is 1.50. The SMILES string of the molecule is C[CH2][Sn]([CH2]C)([CH2]C)[C]1CCCCCCC1. The van der Waals surface area contributed by atoms with Crippen LogP contribution in [0.1, 0.15) is 65.7 Å². The van der Waals surface area contributed by atoms with Crippen LogP contribution in [0.5, 0.6) is 0 Å². The molecule has 15 heavy (non-hydrogen) atoms. The summed E-state index contributed by atoms with van der Waals surface area (Å²) in [5.41, 5.74) is 0. The second kappa shape index (κ2) is 7.19. The van der Waals surface area contributed by atoms with Crippen molar-refractivity contribution in [3.05, 3.63) is 3.93 Å². The monoisotopic (exact) mass is 317 g/mol. The van der Waals surface area contributed by atoms with E-state index >= 15 is 0 Å². The Balaban J connectivity index is 2.62. The summed E-state index contributed by atoms with van der Waals surface area (Å²) in [5, 5.41) is 0. The van der Waals surface area contributed by atoms with Gasteiger partial charge in [0.1, 0.15) is 0 Å². The van der Waals surface area contributed by atoms with Crippen LogP contribution in [0.2, 0.25) is 13.3 Å². The van der Waals surface area contributed by atoms with Gasteiger partial charge in [-0.25, -0.2) is 0 Å². The molecule has 1 aliphatic rings. The van der Waals surface area contributed by atoms with E-state index in [0.29, 0.717) is 0 Å². The van der Waals surface area contributed by atoms with Crippen molar-refractivity contribution in [2.45, 2.75) is 79.0 Å². The summed E-state index contributed by atoms with van der Waals surface area (Å²) in [6.07, 6.45) is 10.6. The molecule has 1 aliphatic carbocycles. The Kier molecular flexibility index (Phi) is 6.64. The molecule has 89 valence electrons. The van der Waals surface area contributed by atoms with Gasteiger partial charge < -0.3 is 0 Å². The van der Waals surface area contributed by atoms with Gasteiger partial charge in [0, 0.05) is 0 Å². The van der Waals surface area contributed by atoms with E-state index in [0.717, 1.165) is 0 Å². The van der Waals surface area contributed by atoms with E-state index in [1.165, 1.54) is 44.9 Å². The van der Waals surface area contributed by atoms with Crippen molar-refractivity contribution in [3.8, 4) is 0 Å². The summed E-state index contributed by atoms with van der Waals surface area (Å²) >= 11 is -1.75. The summed E-state index contributed by atoms with van der Waals surface area (Å²) in [6, 6.07) is 0. The maximum atomic E-state index is 2.48. The van der Waals surface area contributed by atoms with Gasteiger partial charge in [0.15, 0.2) is 0 Å². The summed E-state index contributed by atoms with van der Waals surface area (Å²) < 4.78 is 6.82. The van der Waals surface area contributed by atoms with Gasteiger partial charge in [0.2, 0.25) is 0 Å². The Morgan fingerprint density at radius 2 is 1.13 bits per heavy atom. The zero-order valence-electron chi connectivity index (χ0n) is 11.1. The van der Waals surface area contributed by atoms with Gasteiger partial charge in [-0.05, 0) is 0 Å². The molecule has 0 amide bonds. The fourth-order valence-electron chi connectivity index (χ4n) is 3.36. The van der Waals surface area contributed by atoms with Crippen molar-refractivity contribution in [1.82, 2.24) is 0 Å². The zero-order chi connectivity index (χ0) is 11.1. The molecule has 1 heteroatoms. The van der Waals surface area contributed by atoms with Crippen molar-refractivity contribution in [1.29, 1.82) is 0 Å². The van der Waals surface area contributed by atoms with Crippen LogP contribution in [0.25, 0.3) is 0 Å². The van der Waals surface area contributed by atoms with Crippen molar-refractivity contribution >= 4 is 18.4 Å². The number of rotatable bonds is 4. The van der Waals surface area contributed by atoms with E-state index < -0.39 is 18.4 Å². The molecule has 0 spiro atoms. The third-order valence-electron chi connectivity index (χ3n) is 4.74. The molecule has 1 fully saturated rings. The van der Waals surface area contributed by atoms with E-state index in [4.69, 9.17) is 0 Å². The molecule has 0 nitrogen and oxygen atoms in total. The molecule has 0 unspecified atom stereocenters. The van der Waals surface area contributed by atoms with E-state index in [2.05, 4.69) is 24.7 Å². The van der Waals surface area contributed by atoms with Gasteiger partial charge in [0.25, 0.3) is 0 Å². The second-order valence-electron chi connectivity index (χ2n) is 5.21. The third kappa shape index (κ3) is 3.64. The Morgan fingerprint density at radius 3 is 1.53 bits per heavy atom. The predicted octanol–water partition coefficient (Wildman–Crippen LogP) is 5.35. The van der Waals surface area contributed by atoms with E-state index in [9.17, 15) is 0 Å². The summed E-state index contributed by atoms with van der Waals surface area (Å²) in [6.45, 7) is 7.44. The van der Waals surface area contributed by atoms with Gasteiger partial charge in [-0.1, -0.05) is 0 Å². The summed E-state index contributed by atoms with van der Waals surface area (Å²) in [7, 11) is 0. The summed E-state index contributed by atoms with van der Waals surface area (Å²) in [5.74, 6) is 0. The van der Waals surface area contributed by atoms with E-state index in [1.54, 1.807) is 13.3 Å². The van der Waals surface area contributed by atoms with Crippen LogP contribution in [0.4, 0.5) is 0 Å². The van der Waals surface area contributed by atoms with Gasteiger partial charge >= 0.3 is 101 Å². The van der Waals surface area contributed by atoms with Crippen LogP contribution in [0, 0.1) is 3.93 Å². The first kappa shape index (κ1) is 13.9. The molecule has 0 heterocycles. The molecule has 1 rings (SSSR count). The van der Waals surface area contributed by atoms with E-state index in [1.807, 2.05) is 0 Å².